The molecule has 1 aromatic heterocycles. The Balaban J connectivity index is 2.06. The summed E-state index contributed by atoms with van der Waals surface area (Å²) in [5.74, 6) is 0.382. The molecular formula is C12H6Cl2N6S. The van der Waals surface area contributed by atoms with Gasteiger partial charge in [-0.2, -0.15) is 14.0 Å². The maximum Gasteiger partial charge on any atom is 0.153 e. The molecule has 1 aliphatic heterocycles. The third-order valence-electron chi connectivity index (χ3n) is 2.73. The summed E-state index contributed by atoms with van der Waals surface area (Å²) < 4.78 is 8.29. The molecule has 0 radical (unpaired) electrons. The van der Waals surface area contributed by atoms with Crippen LogP contribution in [0.25, 0.3) is 0 Å². The van der Waals surface area contributed by atoms with Crippen molar-refractivity contribution in [2.24, 2.45) is 8.73 Å². The van der Waals surface area contributed by atoms with Crippen molar-refractivity contribution in [3.63, 3.8) is 0 Å². The van der Waals surface area contributed by atoms with E-state index in [4.69, 9.17) is 34.2 Å². The van der Waals surface area contributed by atoms with Gasteiger partial charge in [0.25, 0.3) is 0 Å². The van der Waals surface area contributed by atoms with Crippen molar-refractivity contribution in [3.8, 4) is 6.07 Å². The summed E-state index contributed by atoms with van der Waals surface area (Å²) in [5.41, 5.74) is 8.19. The number of nitrogens with one attached hydrogen (secondary N) is 1. The monoisotopic (exact) mass is 336 g/mol. The highest BCUT2D eigenvalue weighted by Gasteiger charge is 2.19. The summed E-state index contributed by atoms with van der Waals surface area (Å²) in [6.45, 7) is 0. The first-order valence-corrected chi connectivity index (χ1v) is 7.11. The number of aromatic nitrogens is 1. The maximum atomic E-state index is 8.81. The van der Waals surface area contributed by atoms with Gasteiger partial charge in [0.2, 0.25) is 0 Å². The van der Waals surface area contributed by atoms with Crippen molar-refractivity contribution in [2.75, 3.05) is 11.1 Å². The predicted molar refractivity (Wildman–Crippen MR) is 84.7 cm³/mol. The van der Waals surface area contributed by atoms with E-state index < -0.39 is 0 Å². The second kappa shape index (κ2) is 5.33. The van der Waals surface area contributed by atoms with Gasteiger partial charge in [0.15, 0.2) is 5.82 Å². The Bertz CT molecular complexity index is 867. The average Bonchev–Trinajstić information content (AvgIpc) is 2.94. The normalized spacial score (nSPS) is 11.7. The average molecular weight is 337 g/mol. The fraction of sp³-hybridized carbons (Fsp3) is 0. The van der Waals surface area contributed by atoms with Crippen LogP contribution in [0.15, 0.2) is 27.1 Å². The second-order valence-corrected chi connectivity index (χ2v) is 5.42. The summed E-state index contributed by atoms with van der Waals surface area (Å²) in [6.07, 6.45) is 1.42. The molecule has 0 amide bonds. The Hall–Kier alpha value is -2.14. The number of hydrogen-bond donors (Lipinski definition) is 2. The van der Waals surface area contributed by atoms with Crippen LogP contribution in [0, 0.1) is 11.3 Å². The molecule has 0 aliphatic carbocycles. The Labute approximate surface area is 133 Å². The number of halogens is 2. The van der Waals surface area contributed by atoms with Crippen LogP contribution in [0.5, 0.6) is 0 Å². The quantitative estimate of drug-likeness (QED) is 0.727. The second-order valence-electron chi connectivity index (χ2n) is 4.08. The SMILES string of the molecule is N#Cc1cnc(Nc2c(Cl)cc(Cl)c3c2N=S=N3)c(N)c1. The lowest BCUT2D eigenvalue weighted by Gasteiger charge is -2.12. The number of rotatable bonds is 2. The molecule has 1 aliphatic rings. The van der Waals surface area contributed by atoms with E-state index in [2.05, 4.69) is 19.0 Å². The Morgan fingerprint density at radius 1 is 1.19 bits per heavy atom. The largest absolute Gasteiger partial charge is 0.396 e. The first-order chi connectivity index (χ1) is 10.1. The lowest BCUT2D eigenvalue weighted by atomic mass is 10.2. The topological polar surface area (TPSA) is 99.5 Å². The van der Waals surface area contributed by atoms with Crippen molar-refractivity contribution >= 4 is 63.1 Å². The number of nitrogens with two attached hydrogens (primary N) is 1. The number of anilines is 3. The molecule has 104 valence electrons. The van der Waals surface area contributed by atoms with Gasteiger partial charge in [0.1, 0.15) is 17.4 Å². The Morgan fingerprint density at radius 3 is 2.67 bits per heavy atom. The van der Waals surface area contributed by atoms with Crippen molar-refractivity contribution < 1.29 is 0 Å². The number of nitrogens with zero attached hydrogens (tertiary/aromatic N) is 4. The van der Waals surface area contributed by atoms with Gasteiger partial charge in [-0.05, 0) is 12.1 Å². The van der Waals surface area contributed by atoms with Gasteiger partial charge in [-0.1, -0.05) is 23.2 Å². The van der Waals surface area contributed by atoms with E-state index in [1.54, 1.807) is 6.07 Å². The molecular weight excluding hydrogens is 331 g/mol. The zero-order valence-electron chi connectivity index (χ0n) is 10.3. The van der Waals surface area contributed by atoms with Crippen molar-refractivity contribution in [1.82, 2.24) is 4.98 Å². The van der Waals surface area contributed by atoms with Gasteiger partial charge in [-0.3, -0.25) is 0 Å². The summed E-state index contributed by atoms with van der Waals surface area (Å²) in [7, 11) is 0. The molecule has 3 N–H and O–H groups in total. The van der Waals surface area contributed by atoms with Crippen LogP contribution in [0.4, 0.5) is 28.6 Å². The molecule has 0 saturated carbocycles. The number of hydrogen-bond acceptors (Lipinski definition) is 6. The van der Waals surface area contributed by atoms with Crippen molar-refractivity contribution in [3.05, 3.63) is 33.9 Å². The smallest absolute Gasteiger partial charge is 0.153 e. The molecule has 0 fully saturated rings. The third-order valence-corrected chi connectivity index (χ3v) is 3.85. The predicted octanol–water partition coefficient (Wildman–Crippen LogP) is 4.31. The molecule has 0 spiro atoms. The molecule has 2 aromatic rings. The van der Waals surface area contributed by atoms with E-state index >= 15 is 0 Å². The van der Waals surface area contributed by atoms with Gasteiger partial charge >= 0.3 is 0 Å². The standard InChI is InChI=1S/C12H6Cl2N6S/c13-6-2-7(14)10-11(20-21-19-10)9(6)18-12-8(16)1-5(3-15)4-17-12/h1-2,4H,16H2,(H,17,18). The number of nitrogen functional groups attached to an aromatic ring is 1. The van der Waals surface area contributed by atoms with Crippen LogP contribution in [0.3, 0.4) is 0 Å². The van der Waals surface area contributed by atoms with E-state index in [1.165, 1.54) is 12.3 Å². The van der Waals surface area contributed by atoms with Crippen molar-refractivity contribution in [1.29, 1.82) is 5.26 Å². The van der Waals surface area contributed by atoms with Gasteiger partial charge in [0.05, 0.1) is 38.3 Å². The lowest BCUT2D eigenvalue weighted by Crippen LogP contribution is -2.00. The minimum absolute atomic E-state index is 0.330. The van der Waals surface area contributed by atoms with Crippen LogP contribution >= 0.6 is 23.2 Å². The number of benzene rings is 1. The van der Waals surface area contributed by atoms with Gasteiger partial charge in [-0.15, -0.1) is 0 Å². The van der Waals surface area contributed by atoms with E-state index in [1.807, 2.05) is 6.07 Å². The Kier molecular flexibility index (Phi) is 3.51. The third kappa shape index (κ3) is 2.45. The van der Waals surface area contributed by atoms with Crippen molar-refractivity contribution in [2.45, 2.75) is 0 Å². The zero-order valence-corrected chi connectivity index (χ0v) is 12.6. The molecule has 3 rings (SSSR count). The fourth-order valence-corrected chi connectivity index (χ4v) is 2.92. The molecule has 21 heavy (non-hydrogen) atoms. The van der Waals surface area contributed by atoms with Gasteiger partial charge in [0, 0.05) is 6.20 Å². The molecule has 0 bridgehead atoms. The van der Waals surface area contributed by atoms with Crippen LogP contribution in [-0.2, 0) is 11.4 Å². The summed E-state index contributed by atoms with van der Waals surface area (Å²) in [5, 5.41) is 12.6. The van der Waals surface area contributed by atoms with Gasteiger partial charge in [-0.25, -0.2) is 4.98 Å². The highest BCUT2D eigenvalue weighted by Crippen LogP contribution is 2.48. The Morgan fingerprint density at radius 2 is 1.95 bits per heavy atom. The molecule has 9 heteroatoms. The molecule has 0 atom stereocenters. The zero-order chi connectivity index (χ0) is 15.0. The van der Waals surface area contributed by atoms with Gasteiger partial charge < -0.3 is 11.1 Å². The van der Waals surface area contributed by atoms with E-state index in [9.17, 15) is 0 Å². The minimum atomic E-state index is 0.330. The lowest BCUT2D eigenvalue weighted by molar-refractivity contribution is 1.29. The molecule has 2 heterocycles. The maximum absolute atomic E-state index is 8.81. The minimum Gasteiger partial charge on any atom is -0.396 e. The summed E-state index contributed by atoms with van der Waals surface area (Å²) >= 11 is 13.3. The van der Waals surface area contributed by atoms with Crippen LogP contribution in [0.2, 0.25) is 10.0 Å². The first-order valence-electron chi connectivity index (χ1n) is 5.63. The first kappa shape index (κ1) is 13.8. The van der Waals surface area contributed by atoms with E-state index in [0.717, 1.165) is 11.4 Å². The summed E-state index contributed by atoms with van der Waals surface area (Å²) in [4.78, 5) is 4.10. The molecule has 0 saturated heterocycles. The van der Waals surface area contributed by atoms with Crippen LogP contribution in [0.1, 0.15) is 5.56 Å². The fourth-order valence-electron chi connectivity index (χ4n) is 1.76. The molecule has 0 unspecified atom stereocenters. The molecule has 6 nitrogen and oxygen atoms in total. The highest BCUT2D eigenvalue weighted by molar-refractivity contribution is 7.58. The van der Waals surface area contributed by atoms with E-state index in [0.29, 0.717) is 44.2 Å². The highest BCUT2D eigenvalue weighted by atomic mass is 35.5. The molecule has 1 aromatic carbocycles. The summed E-state index contributed by atoms with van der Waals surface area (Å²) in [6, 6.07) is 5.07. The number of pyridine rings is 1. The van der Waals surface area contributed by atoms with Crippen LogP contribution in [-0.4, -0.2) is 4.98 Å². The van der Waals surface area contributed by atoms with E-state index in [-0.39, 0.29) is 0 Å². The number of fused-ring (bicyclic) bond motifs is 1. The number of nitriles is 1. The van der Waals surface area contributed by atoms with Crippen LogP contribution < -0.4 is 11.1 Å².